The fourth-order valence-electron chi connectivity index (χ4n) is 1.51. The van der Waals surface area contributed by atoms with Crippen molar-refractivity contribution in [1.29, 1.82) is 0 Å². The molecule has 0 aliphatic heterocycles. The highest BCUT2D eigenvalue weighted by Gasteiger charge is 2.18. The molecular weight excluding hydrogens is 238 g/mol. The van der Waals surface area contributed by atoms with E-state index >= 15 is 0 Å². The monoisotopic (exact) mass is 253 g/mol. The Hall–Kier alpha value is -0.710. The second kappa shape index (κ2) is 5.57. The summed E-state index contributed by atoms with van der Waals surface area (Å²) < 4.78 is 5.32. The molecule has 0 aromatic carbocycles. The summed E-state index contributed by atoms with van der Waals surface area (Å²) in [7, 11) is 0. The first-order valence-corrected chi connectivity index (χ1v) is 7.13. The van der Waals surface area contributed by atoms with Crippen molar-refractivity contribution in [3.05, 3.63) is 46.5 Å². The van der Waals surface area contributed by atoms with Gasteiger partial charge in [-0.2, -0.15) is 0 Å². The molecule has 2 rings (SSSR count). The van der Waals surface area contributed by atoms with Crippen molar-refractivity contribution in [2.75, 3.05) is 0 Å². The first-order valence-electron chi connectivity index (χ1n) is 5.20. The summed E-state index contributed by atoms with van der Waals surface area (Å²) in [6.07, 6.45) is 1.71. The molecule has 2 aromatic rings. The van der Waals surface area contributed by atoms with Crippen LogP contribution < -0.4 is 5.73 Å². The Bertz CT molecular complexity index is 395. The fraction of sp³-hybridized carbons (Fsp3) is 0.333. The topological polar surface area (TPSA) is 39.2 Å². The minimum atomic E-state index is 0.151. The van der Waals surface area contributed by atoms with E-state index in [1.807, 2.05) is 23.9 Å². The molecule has 2 aromatic heterocycles. The van der Waals surface area contributed by atoms with Gasteiger partial charge in [0.05, 0.1) is 17.3 Å². The number of hydrogen-bond acceptors (Lipinski definition) is 4. The van der Waals surface area contributed by atoms with Crippen molar-refractivity contribution in [3.63, 3.8) is 0 Å². The highest BCUT2D eigenvalue weighted by molar-refractivity contribution is 7.98. The first kappa shape index (κ1) is 11.8. The molecule has 2 unspecified atom stereocenters. The van der Waals surface area contributed by atoms with Crippen molar-refractivity contribution >= 4 is 23.1 Å². The predicted octanol–water partition coefficient (Wildman–Crippen LogP) is 3.66. The van der Waals surface area contributed by atoms with Crippen molar-refractivity contribution in [2.24, 2.45) is 5.73 Å². The third kappa shape index (κ3) is 2.90. The highest BCUT2D eigenvalue weighted by Crippen LogP contribution is 2.36. The van der Waals surface area contributed by atoms with E-state index < -0.39 is 0 Å². The molecule has 2 atom stereocenters. The first-order chi connectivity index (χ1) is 7.77. The Morgan fingerprint density at radius 3 is 2.88 bits per heavy atom. The number of thioether (sulfide) groups is 1. The van der Waals surface area contributed by atoms with E-state index in [0.717, 1.165) is 11.5 Å². The smallest absolute Gasteiger partial charge is 0.113 e. The van der Waals surface area contributed by atoms with Crippen LogP contribution >= 0.6 is 23.1 Å². The minimum Gasteiger partial charge on any atom is -0.468 e. The Morgan fingerprint density at radius 1 is 1.44 bits per heavy atom. The van der Waals surface area contributed by atoms with Gasteiger partial charge in [0.2, 0.25) is 0 Å². The lowest BCUT2D eigenvalue weighted by Crippen LogP contribution is -2.22. The Balaban J connectivity index is 1.99. The molecule has 0 bridgehead atoms. The molecule has 4 heteroatoms. The van der Waals surface area contributed by atoms with Crippen LogP contribution in [0.2, 0.25) is 0 Å². The van der Waals surface area contributed by atoms with E-state index in [1.165, 1.54) is 4.88 Å². The van der Waals surface area contributed by atoms with Crippen LogP contribution in [0, 0.1) is 0 Å². The van der Waals surface area contributed by atoms with E-state index in [9.17, 15) is 0 Å². The van der Waals surface area contributed by atoms with Gasteiger partial charge in [0.25, 0.3) is 0 Å². The van der Waals surface area contributed by atoms with Gasteiger partial charge in [-0.25, -0.2) is 0 Å². The largest absolute Gasteiger partial charge is 0.468 e. The van der Waals surface area contributed by atoms with Gasteiger partial charge < -0.3 is 10.2 Å². The normalized spacial score (nSPS) is 14.9. The van der Waals surface area contributed by atoms with Crippen LogP contribution in [0.1, 0.15) is 22.8 Å². The second-order valence-electron chi connectivity index (χ2n) is 3.69. The quantitative estimate of drug-likeness (QED) is 0.883. The summed E-state index contributed by atoms with van der Waals surface area (Å²) in [6.45, 7) is 2.06. The number of rotatable bonds is 5. The summed E-state index contributed by atoms with van der Waals surface area (Å²) in [5, 5.41) is 2.45. The number of nitrogens with two attached hydrogens (primary N) is 1. The maximum absolute atomic E-state index is 6.02. The zero-order valence-corrected chi connectivity index (χ0v) is 10.8. The molecule has 86 valence electrons. The lowest BCUT2D eigenvalue weighted by atomic mass is 10.2. The SMILES string of the molecule is CC(N)C(SCc1ccco1)c1cccs1. The van der Waals surface area contributed by atoms with Crippen LogP contribution in [0.3, 0.4) is 0 Å². The molecule has 0 aliphatic carbocycles. The van der Waals surface area contributed by atoms with Gasteiger partial charge in [-0.3, -0.25) is 0 Å². The van der Waals surface area contributed by atoms with Crippen LogP contribution in [-0.2, 0) is 5.75 Å². The second-order valence-corrected chi connectivity index (χ2v) is 5.79. The molecule has 0 radical (unpaired) electrons. The molecule has 0 saturated carbocycles. The van der Waals surface area contributed by atoms with E-state index in [0.29, 0.717) is 5.25 Å². The maximum atomic E-state index is 6.02. The number of thiophene rings is 1. The van der Waals surface area contributed by atoms with E-state index in [1.54, 1.807) is 17.6 Å². The highest BCUT2D eigenvalue weighted by atomic mass is 32.2. The van der Waals surface area contributed by atoms with Gasteiger partial charge in [-0.1, -0.05) is 6.07 Å². The maximum Gasteiger partial charge on any atom is 0.113 e. The zero-order chi connectivity index (χ0) is 11.4. The van der Waals surface area contributed by atoms with Gasteiger partial charge in [-0.05, 0) is 30.5 Å². The van der Waals surface area contributed by atoms with Gasteiger partial charge in [0, 0.05) is 10.9 Å². The van der Waals surface area contributed by atoms with Crippen molar-refractivity contribution in [3.8, 4) is 0 Å². The average Bonchev–Trinajstić information content (AvgIpc) is 2.88. The average molecular weight is 253 g/mol. The van der Waals surface area contributed by atoms with E-state index in [2.05, 4.69) is 24.4 Å². The summed E-state index contributed by atoms with van der Waals surface area (Å²) >= 11 is 3.60. The predicted molar refractivity (Wildman–Crippen MR) is 70.7 cm³/mol. The summed E-state index contributed by atoms with van der Waals surface area (Å²) in [5.41, 5.74) is 6.02. The van der Waals surface area contributed by atoms with Crippen LogP contribution in [0.4, 0.5) is 0 Å². The molecule has 16 heavy (non-hydrogen) atoms. The van der Waals surface area contributed by atoms with Crippen molar-refractivity contribution in [1.82, 2.24) is 0 Å². The molecule has 2 N–H and O–H groups in total. The lowest BCUT2D eigenvalue weighted by Gasteiger charge is -2.18. The standard InChI is InChI=1S/C12H15NOS2/c1-9(13)12(11-5-3-7-15-11)16-8-10-4-2-6-14-10/h2-7,9,12H,8,13H2,1H3. The van der Waals surface area contributed by atoms with Crippen molar-refractivity contribution in [2.45, 2.75) is 24.0 Å². The van der Waals surface area contributed by atoms with Gasteiger partial charge >= 0.3 is 0 Å². The van der Waals surface area contributed by atoms with Gasteiger partial charge in [0.1, 0.15) is 5.76 Å². The summed E-state index contributed by atoms with van der Waals surface area (Å²) in [6, 6.07) is 8.29. The molecule has 0 spiro atoms. The Labute approximate surface area is 104 Å². The summed E-state index contributed by atoms with van der Waals surface area (Å²) in [5.74, 6) is 1.88. The zero-order valence-electron chi connectivity index (χ0n) is 9.13. The van der Waals surface area contributed by atoms with E-state index in [-0.39, 0.29) is 6.04 Å². The van der Waals surface area contributed by atoms with Gasteiger partial charge in [-0.15, -0.1) is 23.1 Å². The number of hydrogen-bond donors (Lipinski definition) is 1. The lowest BCUT2D eigenvalue weighted by molar-refractivity contribution is 0.530. The molecule has 0 aliphatic rings. The van der Waals surface area contributed by atoms with Crippen LogP contribution in [0.15, 0.2) is 40.3 Å². The van der Waals surface area contributed by atoms with Gasteiger partial charge in [0.15, 0.2) is 0 Å². The summed E-state index contributed by atoms with van der Waals surface area (Å²) in [4.78, 5) is 1.34. The van der Waals surface area contributed by atoms with Crippen molar-refractivity contribution < 1.29 is 4.42 Å². The molecule has 2 heterocycles. The molecule has 0 amide bonds. The molecule has 0 fully saturated rings. The van der Waals surface area contributed by atoms with Crippen LogP contribution in [0.5, 0.6) is 0 Å². The third-order valence-electron chi connectivity index (χ3n) is 2.29. The molecule has 2 nitrogen and oxygen atoms in total. The molecule has 0 saturated heterocycles. The Kier molecular flexibility index (Phi) is 4.09. The molecular formula is C12H15NOS2. The Morgan fingerprint density at radius 2 is 2.31 bits per heavy atom. The minimum absolute atomic E-state index is 0.151. The van der Waals surface area contributed by atoms with Crippen LogP contribution in [0.25, 0.3) is 0 Å². The fourth-order valence-corrected chi connectivity index (χ4v) is 3.76. The van der Waals surface area contributed by atoms with E-state index in [4.69, 9.17) is 10.2 Å². The van der Waals surface area contributed by atoms with Crippen LogP contribution in [-0.4, -0.2) is 6.04 Å². The number of furan rings is 1. The third-order valence-corrected chi connectivity index (χ3v) is 4.88.